The molecule has 1 aliphatic rings. The number of hydrogen-bond acceptors (Lipinski definition) is 3. The van der Waals surface area contributed by atoms with Crippen molar-refractivity contribution in [2.75, 3.05) is 6.54 Å². The number of nitrogens with two attached hydrogens (primary N) is 1. The van der Waals surface area contributed by atoms with E-state index in [0.29, 0.717) is 0 Å². The van der Waals surface area contributed by atoms with Crippen molar-refractivity contribution in [2.45, 2.75) is 37.5 Å². The summed E-state index contributed by atoms with van der Waals surface area (Å²) in [7, 11) is 0. The van der Waals surface area contributed by atoms with Crippen LogP contribution in [0.5, 0.6) is 0 Å². The van der Waals surface area contributed by atoms with Crippen molar-refractivity contribution in [3.8, 4) is 0 Å². The number of aromatic nitrogens is 2. The van der Waals surface area contributed by atoms with Crippen LogP contribution >= 0.6 is 0 Å². The van der Waals surface area contributed by atoms with Crippen molar-refractivity contribution in [1.82, 2.24) is 10.2 Å². The molecular formula is C15H19N3. The van der Waals surface area contributed by atoms with Crippen molar-refractivity contribution in [3.05, 3.63) is 36.2 Å². The highest BCUT2D eigenvalue weighted by molar-refractivity contribution is 5.85. The van der Waals surface area contributed by atoms with E-state index in [-0.39, 0.29) is 5.41 Å². The van der Waals surface area contributed by atoms with Crippen LogP contribution in [0.25, 0.3) is 10.8 Å². The van der Waals surface area contributed by atoms with Crippen LogP contribution in [0.4, 0.5) is 0 Å². The van der Waals surface area contributed by atoms with Crippen LogP contribution in [0, 0.1) is 0 Å². The first kappa shape index (κ1) is 11.6. The molecule has 2 N–H and O–H groups in total. The molecule has 0 amide bonds. The van der Waals surface area contributed by atoms with E-state index < -0.39 is 0 Å². The minimum atomic E-state index is 0.154. The molecule has 1 saturated carbocycles. The Morgan fingerprint density at radius 2 is 1.83 bits per heavy atom. The third-order valence-corrected chi connectivity index (χ3v) is 4.36. The van der Waals surface area contributed by atoms with Gasteiger partial charge in [0.25, 0.3) is 0 Å². The summed E-state index contributed by atoms with van der Waals surface area (Å²) in [4.78, 5) is 0. The normalized spacial score (nSPS) is 18.9. The summed E-state index contributed by atoms with van der Waals surface area (Å²) in [6, 6.07) is 6.44. The van der Waals surface area contributed by atoms with Crippen molar-refractivity contribution < 1.29 is 0 Å². The minimum Gasteiger partial charge on any atom is -0.330 e. The number of hydrogen-bond donors (Lipinski definition) is 1. The molecule has 0 unspecified atom stereocenters. The molecule has 0 atom stereocenters. The van der Waals surface area contributed by atoms with Gasteiger partial charge in [0, 0.05) is 22.7 Å². The molecular weight excluding hydrogens is 222 g/mol. The Bertz CT molecular complexity index is 539. The molecule has 3 nitrogen and oxygen atoms in total. The monoisotopic (exact) mass is 241 g/mol. The number of benzene rings is 1. The summed E-state index contributed by atoms with van der Waals surface area (Å²) in [6.07, 6.45) is 10.0. The van der Waals surface area contributed by atoms with E-state index in [9.17, 15) is 0 Å². The molecule has 3 heteroatoms. The molecule has 1 aromatic heterocycles. The molecule has 1 heterocycles. The van der Waals surface area contributed by atoms with E-state index in [1.54, 1.807) is 0 Å². The fourth-order valence-electron chi connectivity index (χ4n) is 3.30. The molecule has 0 aliphatic heterocycles. The first-order valence-corrected chi connectivity index (χ1v) is 6.76. The van der Waals surface area contributed by atoms with Crippen LogP contribution in [0.2, 0.25) is 0 Å². The van der Waals surface area contributed by atoms with Crippen molar-refractivity contribution in [2.24, 2.45) is 5.73 Å². The van der Waals surface area contributed by atoms with E-state index in [2.05, 4.69) is 28.4 Å². The summed E-state index contributed by atoms with van der Waals surface area (Å²) in [5.74, 6) is 0. The highest BCUT2D eigenvalue weighted by Crippen LogP contribution is 2.41. The van der Waals surface area contributed by atoms with Gasteiger partial charge in [-0.1, -0.05) is 37.5 Å². The summed E-state index contributed by atoms with van der Waals surface area (Å²) in [6.45, 7) is 0.731. The Balaban J connectivity index is 2.17. The topological polar surface area (TPSA) is 51.8 Å². The van der Waals surface area contributed by atoms with Crippen molar-refractivity contribution >= 4 is 10.8 Å². The van der Waals surface area contributed by atoms with Gasteiger partial charge in [0.2, 0.25) is 0 Å². The first-order valence-electron chi connectivity index (χ1n) is 6.76. The number of rotatable bonds is 2. The predicted octanol–water partition coefficient (Wildman–Crippen LogP) is 2.79. The lowest BCUT2D eigenvalue weighted by Gasteiger charge is -2.37. The highest BCUT2D eigenvalue weighted by atomic mass is 15.1. The molecule has 18 heavy (non-hydrogen) atoms. The molecule has 0 saturated heterocycles. The Labute approximate surface area is 107 Å². The Hall–Kier alpha value is -1.48. The Morgan fingerprint density at radius 3 is 2.61 bits per heavy atom. The SMILES string of the molecule is NCC1(c2cccc3cnncc23)CCCCC1. The fourth-order valence-corrected chi connectivity index (χ4v) is 3.30. The van der Waals surface area contributed by atoms with Gasteiger partial charge in [-0.25, -0.2) is 0 Å². The van der Waals surface area contributed by atoms with Crippen molar-refractivity contribution in [1.29, 1.82) is 0 Å². The maximum Gasteiger partial charge on any atom is 0.0577 e. The Morgan fingerprint density at radius 1 is 1.06 bits per heavy atom. The first-order chi connectivity index (χ1) is 8.86. The Kier molecular flexibility index (Phi) is 3.00. The zero-order valence-electron chi connectivity index (χ0n) is 10.6. The van der Waals surface area contributed by atoms with E-state index in [0.717, 1.165) is 6.54 Å². The van der Waals surface area contributed by atoms with Crippen molar-refractivity contribution in [3.63, 3.8) is 0 Å². The second-order valence-electron chi connectivity index (χ2n) is 5.34. The maximum atomic E-state index is 6.13. The average Bonchev–Trinajstić information content (AvgIpc) is 2.47. The van der Waals surface area contributed by atoms with E-state index in [1.807, 2.05) is 12.4 Å². The van der Waals surface area contributed by atoms with Crippen LogP contribution in [-0.2, 0) is 5.41 Å². The fraction of sp³-hybridized carbons (Fsp3) is 0.467. The van der Waals surface area contributed by atoms with Gasteiger partial charge in [0.15, 0.2) is 0 Å². The van der Waals surface area contributed by atoms with Crippen LogP contribution in [0.1, 0.15) is 37.7 Å². The van der Waals surface area contributed by atoms with Gasteiger partial charge < -0.3 is 5.73 Å². The summed E-state index contributed by atoms with van der Waals surface area (Å²) in [5, 5.41) is 10.4. The molecule has 1 fully saturated rings. The number of fused-ring (bicyclic) bond motifs is 1. The lowest BCUT2D eigenvalue weighted by molar-refractivity contribution is 0.303. The van der Waals surface area contributed by atoms with Crippen LogP contribution in [0.3, 0.4) is 0 Å². The summed E-state index contributed by atoms with van der Waals surface area (Å²) >= 11 is 0. The van der Waals surface area contributed by atoms with Gasteiger partial charge in [-0.05, 0) is 18.4 Å². The maximum absolute atomic E-state index is 6.13. The van der Waals surface area contributed by atoms with Crippen LogP contribution in [0.15, 0.2) is 30.6 Å². The predicted molar refractivity (Wildman–Crippen MR) is 73.4 cm³/mol. The molecule has 0 bridgehead atoms. The van der Waals surface area contributed by atoms with Crippen LogP contribution in [-0.4, -0.2) is 16.7 Å². The minimum absolute atomic E-state index is 0.154. The van der Waals surface area contributed by atoms with E-state index in [4.69, 9.17) is 5.73 Å². The second kappa shape index (κ2) is 4.65. The van der Waals surface area contributed by atoms with Gasteiger partial charge >= 0.3 is 0 Å². The zero-order chi connectivity index (χ0) is 12.4. The van der Waals surface area contributed by atoms with Gasteiger partial charge in [0.05, 0.1) is 12.4 Å². The number of nitrogens with zero attached hydrogens (tertiary/aromatic N) is 2. The van der Waals surface area contributed by atoms with Gasteiger partial charge in [0.1, 0.15) is 0 Å². The highest BCUT2D eigenvalue weighted by Gasteiger charge is 2.33. The lowest BCUT2D eigenvalue weighted by Crippen LogP contribution is -2.37. The van der Waals surface area contributed by atoms with E-state index in [1.165, 1.54) is 48.4 Å². The molecule has 94 valence electrons. The smallest absolute Gasteiger partial charge is 0.0577 e. The van der Waals surface area contributed by atoms with Crippen LogP contribution < -0.4 is 5.73 Å². The van der Waals surface area contributed by atoms with Gasteiger partial charge in [-0.2, -0.15) is 10.2 Å². The standard InChI is InChI=1S/C15H19N3/c16-11-15(7-2-1-3-8-15)14-6-4-5-12-9-17-18-10-13(12)14/h4-6,9-10H,1-3,7-8,11,16H2. The molecule has 0 spiro atoms. The average molecular weight is 241 g/mol. The molecule has 2 aromatic rings. The zero-order valence-corrected chi connectivity index (χ0v) is 10.6. The molecule has 3 rings (SSSR count). The largest absolute Gasteiger partial charge is 0.330 e. The van der Waals surface area contributed by atoms with Gasteiger partial charge in [-0.15, -0.1) is 0 Å². The molecule has 0 radical (unpaired) electrons. The summed E-state index contributed by atoms with van der Waals surface area (Å²) < 4.78 is 0. The lowest BCUT2D eigenvalue weighted by atomic mass is 9.68. The van der Waals surface area contributed by atoms with E-state index >= 15 is 0 Å². The summed E-state index contributed by atoms with van der Waals surface area (Å²) in [5.41, 5.74) is 7.65. The molecule has 1 aliphatic carbocycles. The second-order valence-corrected chi connectivity index (χ2v) is 5.34. The quantitative estimate of drug-likeness (QED) is 0.879. The third-order valence-electron chi connectivity index (χ3n) is 4.36. The third kappa shape index (κ3) is 1.79. The molecule has 1 aromatic carbocycles. The van der Waals surface area contributed by atoms with Gasteiger partial charge in [-0.3, -0.25) is 0 Å².